The number of rotatable bonds is 33. The van der Waals surface area contributed by atoms with Crippen LogP contribution in [-0.2, 0) is 44.9 Å². The molecule has 0 saturated heterocycles. The second kappa shape index (κ2) is 67.5. The van der Waals surface area contributed by atoms with Crippen LogP contribution in [0.25, 0.3) is 0 Å². The van der Waals surface area contributed by atoms with Crippen molar-refractivity contribution >= 4 is 126 Å². The minimum absolute atomic E-state index is 0.172. The molecule has 32 nitrogen and oxygen atoms in total. The second-order valence-corrected chi connectivity index (χ2v) is 20.5. The molecule has 6 aromatic heterocycles. The second-order valence-electron chi connectivity index (χ2n) is 18.3. The van der Waals surface area contributed by atoms with Crippen LogP contribution in [0.5, 0.6) is 0 Å². The molecule has 0 aliphatic carbocycles. The maximum atomic E-state index is 9.06. The topological polar surface area (TPSA) is 459 Å². The lowest BCUT2D eigenvalue weighted by molar-refractivity contribution is 0.555. The van der Waals surface area contributed by atoms with E-state index in [4.69, 9.17) is 39.0 Å². The molecule has 6 aromatic rings. The summed E-state index contributed by atoms with van der Waals surface area (Å²) in [5, 5.41) is 47.0. The number of alkyl halides is 2. The molecule has 0 radical (unpaired) electrons. The van der Waals surface area contributed by atoms with E-state index in [9.17, 15) is 0 Å². The van der Waals surface area contributed by atoms with E-state index in [2.05, 4.69) is 207 Å². The van der Waals surface area contributed by atoms with E-state index in [1.54, 1.807) is 13.6 Å². The van der Waals surface area contributed by atoms with Crippen LogP contribution in [0.4, 0.5) is 41.6 Å². The van der Waals surface area contributed by atoms with E-state index in [0.29, 0.717) is 96.5 Å². The SMILES string of the molecule is CCCc1nc(CC)nc(NCC)n1.CCCc1nc(CC)nc(NCC)n1.CCCc1nc(Cl)nc(CC)n1.CCNc1nc(CC)nc(NCCNB(C)O)n1.CCNc1nc(NCCN)nc(SC)n1.CCl.CCl.CN.CN.CSc1nc(Cl)nc(NCCNB(C)O)n1. The Balaban J connectivity index is -0.000000525. The van der Waals surface area contributed by atoms with Gasteiger partial charge in [-0.2, -0.15) is 64.8 Å². The number of halogens is 4. The van der Waals surface area contributed by atoms with E-state index in [1.807, 2.05) is 54.1 Å². The summed E-state index contributed by atoms with van der Waals surface area (Å²) in [4.78, 5) is 75.6. The predicted molar refractivity (Wildman–Crippen MR) is 411 cm³/mol. The van der Waals surface area contributed by atoms with Crippen molar-refractivity contribution in [2.24, 2.45) is 17.2 Å². The average molecular weight is 1480 g/mol. The molecule has 0 atom stereocenters. The van der Waals surface area contributed by atoms with E-state index in [-0.39, 0.29) is 5.28 Å². The zero-order valence-electron chi connectivity index (χ0n) is 60.8. The first kappa shape index (κ1) is 97.8. The highest BCUT2D eigenvalue weighted by Crippen LogP contribution is 2.15. The molecule has 0 spiro atoms. The highest BCUT2D eigenvalue weighted by molar-refractivity contribution is 7.98. The Morgan fingerprint density at radius 2 is 0.598 bits per heavy atom. The van der Waals surface area contributed by atoms with Gasteiger partial charge in [0.25, 0.3) is 0 Å². The first-order valence-corrected chi connectivity index (χ1v) is 37.1. The zero-order chi connectivity index (χ0) is 74.2. The van der Waals surface area contributed by atoms with Crippen molar-refractivity contribution in [3.63, 3.8) is 0 Å². The lowest BCUT2D eigenvalue weighted by Crippen LogP contribution is -2.34. The molecule has 0 fully saturated rings. The van der Waals surface area contributed by atoms with E-state index in [0.717, 1.165) is 131 Å². The van der Waals surface area contributed by atoms with Crippen molar-refractivity contribution in [1.29, 1.82) is 0 Å². The van der Waals surface area contributed by atoms with Crippen molar-refractivity contribution in [2.45, 2.75) is 164 Å². The van der Waals surface area contributed by atoms with E-state index >= 15 is 0 Å². The van der Waals surface area contributed by atoms with Crippen LogP contribution in [0.2, 0.25) is 24.2 Å². The molecule has 550 valence electrons. The first-order chi connectivity index (χ1) is 46.9. The zero-order valence-corrected chi connectivity index (χ0v) is 65.5. The predicted octanol–water partition coefficient (Wildman–Crippen LogP) is 7.27. The number of anilines is 7. The fourth-order valence-electron chi connectivity index (χ4n) is 6.58. The summed E-state index contributed by atoms with van der Waals surface area (Å²) < 4.78 is 0. The van der Waals surface area contributed by atoms with Crippen LogP contribution in [0, 0.1) is 0 Å². The molecule has 97 heavy (non-hydrogen) atoms. The van der Waals surface area contributed by atoms with Crippen LogP contribution in [0.3, 0.4) is 0 Å². The Kier molecular flexibility index (Phi) is 68.1. The van der Waals surface area contributed by atoms with Gasteiger partial charge in [0.1, 0.15) is 40.8 Å². The molecule has 0 bridgehead atoms. The summed E-state index contributed by atoms with van der Waals surface area (Å²) in [6.07, 6.45) is 15.9. The van der Waals surface area contributed by atoms with Gasteiger partial charge in [0, 0.05) is 123 Å². The standard InChI is InChI=1S/C10H21BN6O.2C10H18N4.C8H12ClN3.C8H16N6S.C7H13BClN5OS.2CH3Cl.2CH5N/c1-4-8-15-9(12-5-2)17-10(16-8)13-6-7-14-11(3)18;2*1-4-7-9-12-8(5-2)13-10(14-9)11-6-3;1-3-5-7-10-6(4-2)11-8(9)12-7;1-3-10-6-12-7(11-5-4-9)14-8(13-6)15-2;1-8(15)11-4-3-10-6-12-5(9)13-7(14-6)16-2;4*1-2/h14,18H,4-7H2,1-3H3,(H2,12,13,15,16,17);2*4-7H2,1-3H3,(H,11,12,13,14);3-5H2,1-2H3;3-5,9H2,1-2H3,(H2,10,11,12,13,14);11,15H,3-4H2,1-2H3,(H,10,12,13,14);2*1H3;2*2H2,1H3. The molecule has 0 saturated carbocycles. The molecule has 0 aliphatic heterocycles. The number of nitrogens with zero attached hydrogens (tertiary/aromatic N) is 18. The molecule has 0 aromatic carbocycles. The van der Waals surface area contributed by atoms with Crippen LogP contribution in [-0.4, -0.2) is 219 Å². The average Bonchev–Trinajstić information content (AvgIpc) is 1.53. The van der Waals surface area contributed by atoms with Crippen LogP contribution in [0.1, 0.15) is 136 Å². The fraction of sp³-hybridized carbons (Fsp3) is 0.684. The summed E-state index contributed by atoms with van der Waals surface area (Å²) in [7, 11) is 1.97. The summed E-state index contributed by atoms with van der Waals surface area (Å²) in [5.41, 5.74) is 14.4. The molecule has 17 N–H and O–H groups in total. The molecule has 40 heteroatoms. The maximum absolute atomic E-state index is 9.06. The minimum Gasteiger partial charge on any atom is -0.437 e. The van der Waals surface area contributed by atoms with Crippen molar-refractivity contribution in [2.75, 3.05) is 142 Å². The Bertz CT molecular complexity index is 2720. The third kappa shape index (κ3) is 51.2. The number of nitrogens with one attached hydrogen (secondary N) is 9. The molecule has 0 unspecified atom stereocenters. The highest BCUT2D eigenvalue weighted by atomic mass is 35.5. The van der Waals surface area contributed by atoms with E-state index < -0.39 is 14.1 Å². The van der Waals surface area contributed by atoms with Gasteiger partial charge >= 0.3 is 14.1 Å². The van der Waals surface area contributed by atoms with Gasteiger partial charge in [0.05, 0.1) is 0 Å². The van der Waals surface area contributed by atoms with Gasteiger partial charge < -0.3 is 74.9 Å². The van der Waals surface area contributed by atoms with Crippen LogP contribution < -0.4 is 64.9 Å². The number of hydrogen-bond acceptors (Lipinski definition) is 34. The quantitative estimate of drug-likeness (QED) is 0.00833. The normalized spacial score (nSPS) is 9.61. The van der Waals surface area contributed by atoms with Gasteiger partial charge in [-0.15, -0.1) is 23.2 Å². The van der Waals surface area contributed by atoms with Gasteiger partial charge in [-0.05, 0) is 110 Å². The third-order valence-corrected chi connectivity index (χ3v) is 12.0. The monoisotopic (exact) mass is 1480 g/mol. The minimum atomic E-state index is -0.523. The summed E-state index contributed by atoms with van der Waals surface area (Å²) in [6.45, 7) is 32.8. The molecular formula is C57H114B2Cl4N30O2S2. The highest BCUT2D eigenvalue weighted by Gasteiger charge is 2.10. The molecule has 6 heterocycles. The molecule has 0 amide bonds. The number of aromatic nitrogens is 18. The van der Waals surface area contributed by atoms with Gasteiger partial charge in [-0.1, -0.05) is 72.0 Å². The third-order valence-electron chi connectivity index (χ3n) is 10.6. The number of thioether (sulfide) groups is 2. The van der Waals surface area contributed by atoms with Crippen LogP contribution in [0.15, 0.2) is 10.3 Å². The number of hydrogen-bond donors (Lipinski definition) is 14. The van der Waals surface area contributed by atoms with Gasteiger partial charge in [-0.25, -0.2) is 24.9 Å². The van der Waals surface area contributed by atoms with Crippen molar-refractivity contribution in [3.05, 3.63) is 51.3 Å². The molecular weight excluding hydrogens is 1360 g/mol. The lowest BCUT2D eigenvalue weighted by Gasteiger charge is -2.09. The Morgan fingerprint density at radius 3 is 0.928 bits per heavy atom. The maximum Gasteiger partial charge on any atom is 0.373 e. The molecule has 6 rings (SSSR count). The first-order valence-electron chi connectivity index (χ1n) is 32.4. The largest absolute Gasteiger partial charge is 0.437 e. The Hall–Kier alpha value is -5.63. The van der Waals surface area contributed by atoms with E-state index in [1.165, 1.54) is 50.4 Å². The van der Waals surface area contributed by atoms with Crippen molar-refractivity contribution in [3.8, 4) is 0 Å². The smallest absolute Gasteiger partial charge is 0.373 e. The van der Waals surface area contributed by atoms with Crippen molar-refractivity contribution in [1.82, 2.24) is 100 Å². The van der Waals surface area contributed by atoms with Crippen LogP contribution >= 0.6 is 69.9 Å². The number of nitrogens with two attached hydrogens (primary N) is 3. The van der Waals surface area contributed by atoms with Crippen molar-refractivity contribution < 1.29 is 10.0 Å². The Morgan fingerprint density at radius 1 is 0.340 bits per heavy atom. The Labute approximate surface area is 607 Å². The van der Waals surface area contributed by atoms with Gasteiger partial charge in [0.2, 0.25) is 52.2 Å². The summed E-state index contributed by atoms with van der Waals surface area (Å²) in [6, 6.07) is 0. The lowest BCUT2D eigenvalue weighted by atomic mass is 9.89. The molecule has 0 aliphatic rings. The fourth-order valence-corrected chi connectivity index (χ4v) is 7.70. The van der Waals surface area contributed by atoms with Gasteiger partial charge in [-0.3, -0.25) is 0 Å². The summed E-state index contributed by atoms with van der Waals surface area (Å²) in [5.74, 6) is 10.1. The number of aryl methyl sites for hydroxylation is 7. The summed E-state index contributed by atoms with van der Waals surface area (Å²) >= 11 is 23.6. The van der Waals surface area contributed by atoms with Gasteiger partial charge in [0.15, 0.2) is 10.3 Å².